The van der Waals surface area contributed by atoms with Gasteiger partial charge < -0.3 is 105 Å². The van der Waals surface area contributed by atoms with Crippen LogP contribution in [-0.2, 0) is 33.2 Å². The lowest BCUT2D eigenvalue weighted by Gasteiger charge is -2.49. The number of ether oxygens (including phenoxy) is 7. The second-order valence-electron chi connectivity index (χ2n) is 11.1. The van der Waals surface area contributed by atoms with Gasteiger partial charge in [0.05, 0.1) is 26.4 Å². The molecule has 45 heavy (non-hydrogen) atoms. The number of rotatable bonds is 10. The van der Waals surface area contributed by atoms with Gasteiger partial charge in [-0.3, -0.25) is 0 Å². The zero-order chi connectivity index (χ0) is 33.3. The number of hydrogen-bond donors (Lipinski definition) is 14. The Morgan fingerprint density at radius 2 is 0.711 bits per heavy atom. The van der Waals surface area contributed by atoms with Crippen LogP contribution in [-0.4, -0.2) is 221 Å². The van der Waals surface area contributed by atoms with Crippen molar-refractivity contribution in [1.29, 1.82) is 0 Å². The lowest BCUT2D eigenvalue weighted by Crippen LogP contribution is -2.67. The molecule has 0 aliphatic carbocycles. The Morgan fingerprint density at radius 1 is 0.333 bits per heavy atom. The first kappa shape index (κ1) is 37.0. The van der Waals surface area contributed by atoms with Crippen LogP contribution in [0.15, 0.2) is 0 Å². The fourth-order valence-electron chi connectivity index (χ4n) is 5.53. The molecule has 4 aliphatic rings. The maximum absolute atomic E-state index is 11.0. The van der Waals surface area contributed by atoms with Crippen molar-refractivity contribution in [2.45, 2.75) is 123 Å². The Labute approximate surface area is 254 Å². The molecule has 0 saturated carbocycles. The summed E-state index contributed by atoms with van der Waals surface area (Å²) < 4.78 is 37.5. The van der Waals surface area contributed by atoms with Gasteiger partial charge in [-0.1, -0.05) is 0 Å². The maximum atomic E-state index is 11.0. The monoisotopic (exact) mass is 666 g/mol. The summed E-state index contributed by atoms with van der Waals surface area (Å²) in [6.07, 6.45) is -35.7. The van der Waals surface area contributed by atoms with Gasteiger partial charge in [0.2, 0.25) is 0 Å². The molecule has 4 saturated heterocycles. The first-order chi connectivity index (χ1) is 21.3. The third kappa shape index (κ3) is 7.44. The largest absolute Gasteiger partial charge is 0.394 e. The van der Waals surface area contributed by atoms with Crippen molar-refractivity contribution < 1.29 is 105 Å². The molecule has 14 N–H and O–H groups in total. The maximum Gasteiger partial charge on any atom is 0.187 e. The first-order valence-corrected chi connectivity index (χ1v) is 14.1. The molecular formula is C24H42O21. The van der Waals surface area contributed by atoms with Crippen LogP contribution in [0.4, 0.5) is 0 Å². The van der Waals surface area contributed by atoms with Crippen LogP contribution in [0.1, 0.15) is 0 Å². The quantitative estimate of drug-likeness (QED) is 0.103. The topological polar surface area (TPSA) is 348 Å². The molecule has 20 atom stereocenters. The molecule has 4 aliphatic heterocycles. The molecule has 0 radical (unpaired) electrons. The predicted molar refractivity (Wildman–Crippen MR) is 134 cm³/mol. The minimum Gasteiger partial charge on any atom is -0.394 e. The lowest BCUT2D eigenvalue weighted by molar-refractivity contribution is -0.388. The number of hydrogen-bond acceptors (Lipinski definition) is 21. The lowest BCUT2D eigenvalue weighted by atomic mass is 9.95. The summed E-state index contributed by atoms with van der Waals surface area (Å²) >= 11 is 0. The van der Waals surface area contributed by atoms with E-state index in [-0.39, 0.29) is 0 Å². The van der Waals surface area contributed by atoms with E-state index >= 15 is 0 Å². The highest BCUT2D eigenvalue weighted by Crippen LogP contribution is 2.34. The standard InChI is InChI=1S/C24H42O21/c25-1-5-9(29)12(32)14(34)22(40-5)45-20-11(31)7(3-27)41-24(17(20)37)43-18-8(4-28)42-23(15(35)13(18)33)44-19-10(30)6(2-26)39-21(38)16(19)36/h5-38H,1-4H2/t5-,6-,7-,8-,9+,10+,11+,12+,13-,14-,15-,16-,17-,18+,19+,20+,21+,22-,23-,24+/m1/s1. The molecule has 21 nitrogen and oxygen atoms in total. The van der Waals surface area contributed by atoms with Crippen LogP contribution in [0.5, 0.6) is 0 Å². The zero-order valence-electron chi connectivity index (χ0n) is 23.5. The molecule has 264 valence electrons. The molecule has 4 heterocycles. The van der Waals surface area contributed by atoms with Crippen molar-refractivity contribution in [3.8, 4) is 0 Å². The van der Waals surface area contributed by atoms with Gasteiger partial charge in [-0.2, -0.15) is 0 Å². The van der Waals surface area contributed by atoms with Crippen molar-refractivity contribution in [2.24, 2.45) is 0 Å². The number of aliphatic hydroxyl groups is 14. The van der Waals surface area contributed by atoms with E-state index in [4.69, 9.17) is 33.2 Å². The van der Waals surface area contributed by atoms with E-state index < -0.39 is 149 Å². The minimum absolute atomic E-state index is 0.787. The van der Waals surface area contributed by atoms with Gasteiger partial charge in [0.15, 0.2) is 25.2 Å². The van der Waals surface area contributed by atoms with Gasteiger partial charge in [-0.05, 0) is 0 Å². The summed E-state index contributed by atoms with van der Waals surface area (Å²) in [6, 6.07) is 0. The molecule has 0 unspecified atom stereocenters. The first-order valence-electron chi connectivity index (χ1n) is 14.1. The Hall–Kier alpha value is -0.840. The van der Waals surface area contributed by atoms with E-state index in [1.807, 2.05) is 0 Å². The molecule has 0 amide bonds. The second-order valence-corrected chi connectivity index (χ2v) is 11.1. The van der Waals surface area contributed by atoms with Crippen LogP contribution in [0.2, 0.25) is 0 Å². The third-order valence-electron chi connectivity index (χ3n) is 8.21. The fraction of sp³-hybridized carbons (Fsp3) is 1.00. The molecule has 0 bridgehead atoms. The van der Waals surface area contributed by atoms with Gasteiger partial charge in [-0.25, -0.2) is 0 Å². The van der Waals surface area contributed by atoms with E-state index in [2.05, 4.69) is 0 Å². The summed E-state index contributed by atoms with van der Waals surface area (Å²) in [6.45, 7) is -3.40. The Bertz CT molecular complexity index is 914. The van der Waals surface area contributed by atoms with Crippen molar-refractivity contribution in [1.82, 2.24) is 0 Å². The molecule has 4 fully saturated rings. The van der Waals surface area contributed by atoms with Crippen LogP contribution >= 0.6 is 0 Å². The van der Waals surface area contributed by atoms with Crippen LogP contribution in [0, 0.1) is 0 Å². The van der Waals surface area contributed by atoms with E-state index in [0.717, 1.165) is 0 Å². The highest BCUT2D eigenvalue weighted by atomic mass is 16.8. The summed E-state index contributed by atoms with van der Waals surface area (Å²) in [5, 5.41) is 143. The van der Waals surface area contributed by atoms with Gasteiger partial charge >= 0.3 is 0 Å². The SMILES string of the molecule is OC[C@H]1O[C@H](O[C@H]2[C@@H](O)[C@@H](CO)O[C@@H](O[C@@H]3[C@H](O)[C@@H](O)[C@@H](O[C@@H]4[C@@H](O)[C@@H](O)O[C@H](CO)[C@@H]4O)O[C@@H]3CO)[C@@H]2O)[C@H](O)[C@@H](O)[C@H]1O. The Morgan fingerprint density at radius 3 is 1.22 bits per heavy atom. The van der Waals surface area contributed by atoms with Gasteiger partial charge in [0, 0.05) is 0 Å². The van der Waals surface area contributed by atoms with Crippen molar-refractivity contribution in [2.75, 3.05) is 26.4 Å². The molecule has 0 aromatic carbocycles. The average molecular weight is 667 g/mol. The van der Waals surface area contributed by atoms with E-state index in [1.54, 1.807) is 0 Å². The fourth-order valence-corrected chi connectivity index (χ4v) is 5.53. The second kappa shape index (κ2) is 15.6. The van der Waals surface area contributed by atoms with Crippen LogP contribution < -0.4 is 0 Å². The van der Waals surface area contributed by atoms with Gasteiger partial charge in [0.1, 0.15) is 97.7 Å². The summed E-state index contributed by atoms with van der Waals surface area (Å²) in [5.41, 5.74) is 0. The van der Waals surface area contributed by atoms with Gasteiger partial charge in [0.25, 0.3) is 0 Å². The third-order valence-corrected chi connectivity index (χ3v) is 8.21. The molecule has 0 aromatic rings. The molecule has 0 spiro atoms. The molecule has 0 aromatic heterocycles. The van der Waals surface area contributed by atoms with E-state index in [9.17, 15) is 71.5 Å². The smallest absolute Gasteiger partial charge is 0.187 e. The average Bonchev–Trinajstić information content (AvgIpc) is 3.03. The summed E-state index contributed by atoms with van der Waals surface area (Å²) in [7, 11) is 0. The molecular weight excluding hydrogens is 624 g/mol. The molecule has 21 heteroatoms. The highest BCUT2D eigenvalue weighted by Gasteiger charge is 2.55. The van der Waals surface area contributed by atoms with E-state index in [1.165, 1.54) is 0 Å². The highest BCUT2D eigenvalue weighted by molar-refractivity contribution is 4.97. The summed E-state index contributed by atoms with van der Waals surface area (Å²) in [5.74, 6) is 0. The van der Waals surface area contributed by atoms with E-state index in [0.29, 0.717) is 0 Å². The molecule has 4 rings (SSSR count). The van der Waals surface area contributed by atoms with Crippen molar-refractivity contribution in [3.05, 3.63) is 0 Å². The Kier molecular flexibility index (Phi) is 12.8. The van der Waals surface area contributed by atoms with Crippen LogP contribution in [0.3, 0.4) is 0 Å². The minimum atomic E-state index is -2.04. The Balaban J connectivity index is 1.48. The van der Waals surface area contributed by atoms with Crippen LogP contribution in [0.25, 0.3) is 0 Å². The van der Waals surface area contributed by atoms with Crippen molar-refractivity contribution in [3.63, 3.8) is 0 Å². The zero-order valence-corrected chi connectivity index (χ0v) is 23.5. The normalized spacial score (nSPS) is 52.9. The van der Waals surface area contributed by atoms with Crippen molar-refractivity contribution >= 4 is 0 Å². The number of aliphatic hydroxyl groups excluding tert-OH is 14. The van der Waals surface area contributed by atoms with Gasteiger partial charge in [-0.15, -0.1) is 0 Å². The predicted octanol–water partition coefficient (Wildman–Crippen LogP) is -9.75. The summed E-state index contributed by atoms with van der Waals surface area (Å²) in [4.78, 5) is 0.